The van der Waals surface area contributed by atoms with E-state index in [1.807, 2.05) is 0 Å². The van der Waals surface area contributed by atoms with E-state index in [4.69, 9.17) is 14.9 Å². The Morgan fingerprint density at radius 3 is 2.03 bits per heavy atom. The van der Waals surface area contributed by atoms with Crippen LogP contribution in [-0.2, 0) is 25.4 Å². The molecular formula is C22H26N3O10P. The number of hydrogen-bond donors (Lipinski definition) is 7. The van der Waals surface area contributed by atoms with Crippen LogP contribution in [-0.4, -0.2) is 62.9 Å². The van der Waals surface area contributed by atoms with Gasteiger partial charge in [-0.15, -0.1) is 0 Å². The van der Waals surface area contributed by atoms with Crippen LogP contribution < -0.4 is 20.5 Å². The fourth-order valence-corrected chi connectivity index (χ4v) is 3.49. The molecule has 0 aliphatic heterocycles. The second-order valence-electron chi connectivity index (χ2n) is 7.62. The zero-order valence-electron chi connectivity index (χ0n) is 19.1. The number of phosphoric ester groups is 1. The van der Waals surface area contributed by atoms with Gasteiger partial charge in [0.15, 0.2) is 0 Å². The maximum absolute atomic E-state index is 12.8. The Bertz CT molecular complexity index is 1130. The van der Waals surface area contributed by atoms with Crippen molar-refractivity contribution in [3.63, 3.8) is 0 Å². The van der Waals surface area contributed by atoms with Crippen LogP contribution in [0.1, 0.15) is 28.8 Å². The van der Waals surface area contributed by atoms with Crippen molar-refractivity contribution in [2.75, 3.05) is 12.4 Å². The maximum atomic E-state index is 12.8. The van der Waals surface area contributed by atoms with Crippen molar-refractivity contribution in [2.24, 2.45) is 0 Å². The highest BCUT2D eigenvalue weighted by molar-refractivity contribution is 7.46. The van der Waals surface area contributed by atoms with Crippen molar-refractivity contribution >= 4 is 37.3 Å². The third-order valence-electron chi connectivity index (χ3n) is 4.91. The van der Waals surface area contributed by atoms with Crippen LogP contribution in [0.5, 0.6) is 5.75 Å². The second-order valence-corrected chi connectivity index (χ2v) is 8.78. The molecule has 0 radical (unpaired) electrons. The highest BCUT2D eigenvalue weighted by atomic mass is 31.2. The van der Waals surface area contributed by atoms with E-state index in [1.165, 1.54) is 36.4 Å². The molecule has 13 nitrogen and oxygen atoms in total. The number of anilines is 1. The summed E-state index contributed by atoms with van der Waals surface area (Å²) >= 11 is 0. The maximum Gasteiger partial charge on any atom is 0.524 e. The lowest BCUT2D eigenvalue weighted by molar-refractivity contribution is -0.142. The van der Waals surface area contributed by atoms with E-state index in [2.05, 4.69) is 20.5 Å². The number of carbonyl (C=O) groups excluding carboxylic acids is 2. The summed E-state index contributed by atoms with van der Waals surface area (Å²) in [5.74, 6) is -4.25. The number of nitrogens with one attached hydrogen (secondary N) is 3. The monoisotopic (exact) mass is 523 g/mol. The molecule has 7 N–H and O–H groups in total. The van der Waals surface area contributed by atoms with Crippen LogP contribution in [0, 0.1) is 0 Å². The third-order valence-corrected chi connectivity index (χ3v) is 5.36. The predicted octanol–water partition coefficient (Wildman–Crippen LogP) is 0.975. The normalized spacial score (nSPS) is 12.6. The molecule has 0 saturated carbocycles. The molecule has 0 aliphatic rings. The highest BCUT2D eigenvalue weighted by Gasteiger charge is 2.28. The Hall–Kier alpha value is -3.93. The van der Waals surface area contributed by atoms with Crippen molar-refractivity contribution in [3.8, 4) is 5.75 Å². The molecule has 14 heteroatoms. The Labute approximate surface area is 205 Å². The van der Waals surface area contributed by atoms with Crippen molar-refractivity contribution in [3.05, 3.63) is 59.7 Å². The average molecular weight is 523 g/mol. The van der Waals surface area contributed by atoms with E-state index in [0.717, 1.165) is 5.69 Å². The van der Waals surface area contributed by atoms with Gasteiger partial charge in [0.05, 0.1) is 0 Å². The molecule has 2 rings (SSSR count). The van der Waals surface area contributed by atoms with Crippen LogP contribution in [0.2, 0.25) is 0 Å². The first-order chi connectivity index (χ1) is 16.9. The zero-order valence-corrected chi connectivity index (χ0v) is 20.0. The molecule has 0 fully saturated rings. The minimum absolute atomic E-state index is 0.137. The largest absolute Gasteiger partial charge is 0.524 e. The molecule has 194 valence electrons. The molecule has 0 aliphatic carbocycles. The number of rotatable bonds is 13. The fraction of sp³-hybridized carbons (Fsp3) is 0.273. The van der Waals surface area contributed by atoms with Crippen LogP contribution in [0.4, 0.5) is 5.69 Å². The molecule has 0 unspecified atom stereocenters. The van der Waals surface area contributed by atoms with Gasteiger partial charge < -0.3 is 30.7 Å². The minimum atomic E-state index is -4.76. The fourth-order valence-electron chi connectivity index (χ4n) is 3.10. The quantitative estimate of drug-likeness (QED) is 0.184. The first-order valence-corrected chi connectivity index (χ1v) is 12.1. The molecule has 0 saturated heterocycles. The first kappa shape index (κ1) is 28.3. The average Bonchev–Trinajstić information content (AvgIpc) is 2.81. The van der Waals surface area contributed by atoms with Gasteiger partial charge in [0, 0.05) is 31.1 Å². The minimum Gasteiger partial charge on any atom is -0.481 e. The van der Waals surface area contributed by atoms with Gasteiger partial charge in [-0.1, -0.05) is 12.1 Å². The van der Waals surface area contributed by atoms with Gasteiger partial charge in [-0.2, -0.15) is 0 Å². The highest BCUT2D eigenvalue weighted by Crippen LogP contribution is 2.37. The Kier molecular flexibility index (Phi) is 9.97. The summed E-state index contributed by atoms with van der Waals surface area (Å²) in [6.45, 7) is 0. The van der Waals surface area contributed by atoms with Gasteiger partial charge in [-0.05, 0) is 48.4 Å². The first-order valence-electron chi connectivity index (χ1n) is 10.6. The molecule has 0 aromatic heterocycles. The van der Waals surface area contributed by atoms with E-state index in [0.29, 0.717) is 5.56 Å². The molecule has 2 amide bonds. The van der Waals surface area contributed by atoms with Gasteiger partial charge in [0.1, 0.15) is 17.8 Å². The summed E-state index contributed by atoms with van der Waals surface area (Å²) < 4.78 is 15.3. The summed E-state index contributed by atoms with van der Waals surface area (Å²) in [4.78, 5) is 65.9. The Morgan fingerprint density at radius 1 is 0.917 bits per heavy atom. The number of carboxylic acid groups (broad SMARTS) is 2. The van der Waals surface area contributed by atoms with E-state index in [-0.39, 0.29) is 24.2 Å². The smallest absolute Gasteiger partial charge is 0.481 e. The van der Waals surface area contributed by atoms with Crippen LogP contribution in [0.25, 0.3) is 0 Å². The van der Waals surface area contributed by atoms with Crippen LogP contribution in [0.3, 0.4) is 0 Å². The molecular weight excluding hydrogens is 497 g/mol. The van der Waals surface area contributed by atoms with Crippen LogP contribution in [0.15, 0.2) is 48.5 Å². The SMILES string of the molecule is CNc1ccc(C(=O)N[C@@H](CCC(=O)O)C(=O)N[C@@H](Cc2ccc(OP(=O)(O)O)cc2)C(=O)O)cc1. The van der Waals surface area contributed by atoms with Gasteiger partial charge in [0.25, 0.3) is 5.91 Å². The summed E-state index contributed by atoms with van der Waals surface area (Å²) in [5, 5.41) is 26.2. The number of carbonyl (C=O) groups is 4. The third kappa shape index (κ3) is 9.37. The van der Waals surface area contributed by atoms with E-state index < -0.39 is 50.1 Å². The van der Waals surface area contributed by atoms with Crippen molar-refractivity contribution < 1.29 is 48.3 Å². The van der Waals surface area contributed by atoms with Crippen molar-refractivity contribution in [2.45, 2.75) is 31.3 Å². The molecule has 0 bridgehead atoms. The van der Waals surface area contributed by atoms with E-state index in [1.54, 1.807) is 19.2 Å². The summed E-state index contributed by atoms with van der Waals surface area (Å²) in [6.07, 6.45) is -0.930. The number of carboxylic acids is 2. The number of aliphatic carboxylic acids is 2. The molecule has 2 aromatic rings. The lowest BCUT2D eigenvalue weighted by atomic mass is 10.0. The van der Waals surface area contributed by atoms with Crippen molar-refractivity contribution in [1.29, 1.82) is 0 Å². The molecule has 2 aromatic carbocycles. The Balaban J connectivity index is 2.12. The topological polar surface area (TPSA) is 212 Å². The molecule has 0 heterocycles. The van der Waals surface area contributed by atoms with Crippen molar-refractivity contribution in [1.82, 2.24) is 10.6 Å². The summed E-state index contributed by atoms with van der Waals surface area (Å²) in [7, 11) is -3.06. The van der Waals surface area contributed by atoms with Crippen LogP contribution >= 0.6 is 7.82 Å². The van der Waals surface area contributed by atoms with Gasteiger partial charge in [0.2, 0.25) is 5.91 Å². The molecule has 2 atom stereocenters. The second kappa shape index (κ2) is 12.7. The number of benzene rings is 2. The van der Waals surface area contributed by atoms with Gasteiger partial charge >= 0.3 is 19.8 Å². The number of hydrogen-bond acceptors (Lipinski definition) is 7. The lowest BCUT2D eigenvalue weighted by Crippen LogP contribution is -2.52. The Morgan fingerprint density at radius 2 is 1.53 bits per heavy atom. The molecule has 0 spiro atoms. The summed E-state index contributed by atoms with van der Waals surface area (Å²) in [5.41, 5.74) is 1.36. The predicted molar refractivity (Wildman–Crippen MR) is 126 cm³/mol. The zero-order chi connectivity index (χ0) is 26.9. The summed E-state index contributed by atoms with van der Waals surface area (Å²) in [6, 6.07) is 8.71. The standard InChI is InChI=1S/C22H26N3O10P/c1-23-15-6-4-14(5-7-15)20(28)24-17(10-11-19(26)27)21(29)25-18(22(30)31)12-13-2-8-16(9-3-13)35-36(32,33)34/h2-9,17-18,23H,10-12H2,1H3,(H,24,28)(H,25,29)(H,26,27)(H,30,31)(H2,32,33,34)/t17-,18-/m0/s1. The number of phosphoric acid groups is 1. The van der Waals surface area contributed by atoms with Gasteiger partial charge in [-0.3, -0.25) is 24.2 Å². The van der Waals surface area contributed by atoms with Gasteiger partial charge in [-0.25, -0.2) is 9.36 Å². The lowest BCUT2D eigenvalue weighted by Gasteiger charge is -2.21. The van der Waals surface area contributed by atoms with E-state index >= 15 is 0 Å². The number of amides is 2. The van der Waals surface area contributed by atoms with E-state index in [9.17, 15) is 28.8 Å². The molecule has 36 heavy (non-hydrogen) atoms.